The van der Waals surface area contributed by atoms with Gasteiger partial charge >= 0.3 is 0 Å². The van der Waals surface area contributed by atoms with Gasteiger partial charge in [-0.15, -0.1) is 6.58 Å². The van der Waals surface area contributed by atoms with E-state index in [4.69, 9.17) is 23.2 Å². The Hall–Kier alpha value is -1.96. The Kier molecular flexibility index (Phi) is 5.88. The Labute approximate surface area is 184 Å². The van der Waals surface area contributed by atoms with Crippen LogP contribution in [0.25, 0.3) is 0 Å². The molecule has 4 amide bonds. The summed E-state index contributed by atoms with van der Waals surface area (Å²) in [7, 11) is 0. The van der Waals surface area contributed by atoms with Crippen LogP contribution in [0.3, 0.4) is 0 Å². The average molecular weight is 452 g/mol. The monoisotopic (exact) mass is 451 g/mol. The van der Waals surface area contributed by atoms with Gasteiger partial charge in [-0.25, -0.2) is 0 Å². The number of fused-ring (bicyclic) bond motifs is 2. The molecule has 2 saturated heterocycles. The Morgan fingerprint density at radius 1 is 0.833 bits per heavy atom. The number of nitrogens with zero attached hydrogens (tertiary/aromatic N) is 3. The Morgan fingerprint density at radius 2 is 1.23 bits per heavy atom. The summed E-state index contributed by atoms with van der Waals surface area (Å²) in [4.78, 5) is 55.5. The molecule has 30 heavy (non-hydrogen) atoms. The molecule has 0 aromatic heterocycles. The third kappa shape index (κ3) is 3.63. The number of allylic oxidation sites excluding steroid dienone is 4. The zero-order chi connectivity index (χ0) is 21.6. The highest BCUT2D eigenvalue weighted by atomic mass is 35.5. The largest absolute Gasteiger partial charge is 0.274 e. The van der Waals surface area contributed by atoms with Gasteiger partial charge in [-0.3, -0.25) is 33.9 Å². The Balaban J connectivity index is 1.47. The molecule has 2 fully saturated rings. The van der Waals surface area contributed by atoms with Gasteiger partial charge in [0.25, 0.3) is 0 Å². The van der Waals surface area contributed by atoms with Crippen molar-refractivity contribution in [3.8, 4) is 0 Å². The number of carbonyl (C=O) groups excluding carboxylic acids is 4. The number of imide groups is 2. The second-order valence-corrected chi connectivity index (χ2v) is 9.21. The molecule has 0 saturated carbocycles. The highest BCUT2D eigenvalue weighted by Crippen LogP contribution is 2.40. The van der Waals surface area contributed by atoms with Gasteiger partial charge in [-0.05, 0) is 25.7 Å². The van der Waals surface area contributed by atoms with E-state index in [9.17, 15) is 19.2 Å². The minimum Gasteiger partial charge on any atom is -0.274 e. The van der Waals surface area contributed by atoms with E-state index < -0.39 is 23.7 Å². The fourth-order valence-corrected chi connectivity index (χ4v) is 5.32. The molecular formula is C21H23Cl2N3O4. The number of hydrogen-bond donors (Lipinski definition) is 0. The smallest absolute Gasteiger partial charge is 0.234 e. The highest BCUT2D eigenvalue weighted by Gasteiger charge is 2.50. The second-order valence-electron chi connectivity index (χ2n) is 8.24. The first-order chi connectivity index (χ1) is 14.3. The average Bonchev–Trinajstić information content (AvgIpc) is 3.08. The minimum atomic E-state index is -0.438. The summed E-state index contributed by atoms with van der Waals surface area (Å²) >= 11 is 12.2. The molecule has 0 N–H and O–H groups in total. The lowest BCUT2D eigenvalue weighted by molar-refractivity contribution is -0.145. The summed E-state index contributed by atoms with van der Waals surface area (Å²) < 4.78 is 0. The molecule has 0 radical (unpaired) electrons. The fraction of sp³-hybridized carbons (Fsp3) is 0.524. The van der Waals surface area contributed by atoms with Crippen LogP contribution < -0.4 is 0 Å². The van der Waals surface area contributed by atoms with Gasteiger partial charge < -0.3 is 0 Å². The standard InChI is InChI=1S/C21H23Cl2N3O4/c1-2-7-24(10-25-18(27)14-5-3-12(22)8-16(14)20(25)29)11-26-19(28)15-6-4-13(23)9-17(15)21(26)30/h2-4,14-17H,1,5-11H2/t14-,15-,16-,17+/m1/s1. The molecule has 4 rings (SSSR count). The van der Waals surface area contributed by atoms with Gasteiger partial charge in [0, 0.05) is 16.6 Å². The maximum atomic E-state index is 12.8. The zero-order valence-corrected chi connectivity index (χ0v) is 17.9. The number of hydrogen-bond acceptors (Lipinski definition) is 5. The summed E-state index contributed by atoms with van der Waals surface area (Å²) in [5.74, 6) is -2.64. The van der Waals surface area contributed by atoms with Crippen molar-refractivity contribution >= 4 is 46.8 Å². The minimum absolute atomic E-state index is 0.000292. The van der Waals surface area contributed by atoms with Crippen molar-refractivity contribution in [3.05, 3.63) is 34.9 Å². The summed E-state index contributed by atoms with van der Waals surface area (Å²) in [6, 6.07) is 0. The van der Waals surface area contributed by atoms with Crippen LogP contribution in [0.4, 0.5) is 0 Å². The molecule has 4 atom stereocenters. The van der Waals surface area contributed by atoms with Crippen molar-refractivity contribution in [1.29, 1.82) is 0 Å². The number of carbonyl (C=O) groups is 4. The van der Waals surface area contributed by atoms with Crippen LogP contribution in [0.2, 0.25) is 0 Å². The Morgan fingerprint density at radius 3 is 1.63 bits per heavy atom. The third-order valence-electron chi connectivity index (χ3n) is 6.39. The van der Waals surface area contributed by atoms with E-state index in [0.29, 0.717) is 42.3 Å². The van der Waals surface area contributed by atoms with Gasteiger partial charge in [0.15, 0.2) is 0 Å². The van der Waals surface area contributed by atoms with E-state index >= 15 is 0 Å². The lowest BCUT2D eigenvalue weighted by Gasteiger charge is -2.29. The van der Waals surface area contributed by atoms with Crippen LogP contribution in [0.5, 0.6) is 0 Å². The molecule has 9 heteroatoms. The second kappa shape index (κ2) is 8.29. The highest BCUT2D eigenvalue weighted by molar-refractivity contribution is 6.30. The number of likely N-dealkylation sites (tertiary alicyclic amines) is 2. The fourth-order valence-electron chi connectivity index (χ4n) is 4.81. The molecule has 0 aromatic carbocycles. The van der Waals surface area contributed by atoms with Crippen LogP contribution in [-0.4, -0.2) is 58.2 Å². The van der Waals surface area contributed by atoms with E-state index in [0.717, 1.165) is 0 Å². The Bertz CT molecular complexity index is 817. The molecule has 160 valence electrons. The maximum Gasteiger partial charge on any atom is 0.234 e. The van der Waals surface area contributed by atoms with Crippen molar-refractivity contribution in [2.75, 3.05) is 19.9 Å². The van der Waals surface area contributed by atoms with Crippen LogP contribution >= 0.6 is 23.2 Å². The van der Waals surface area contributed by atoms with E-state index in [1.54, 1.807) is 23.1 Å². The predicted octanol–water partition coefficient (Wildman–Crippen LogP) is 2.42. The van der Waals surface area contributed by atoms with E-state index in [1.165, 1.54) is 9.80 Å². The van der Waals surface area contributed by atoms with E-state index in [2.05, 4.69) is 6.58 Å². The summed E-state index contributed by atoms with van der Waals surface area (Å²) in [6.07, 6.45) is 6.85. The van der Waals surface area contributed by atoms with Crippen molar-refractivity contribution in [2.24, 2.45) is 23.7 Å². The summed E-state index contributed by atoms with van der Waals surface area (Å²) in [5, 5.41) is 1.20. The summed E-state index contributed by atoms with van der Waals surface area (Å²) in [6.45, 7) is 4.04. The molecule has 4 aliphatic rings. The topological polar surface area (TPSA) is 78.0 Å². The number of halogens is 2. The number of amides is 4. The van der Waals surface area contributed by atoms with E-state index in [1.807, 2.05) is 0 Å². The van der Waals surface area contributed by atoms with Crippen LogP contribution in [0, 0.1) is 23.7 Å². The lowest BCUT2D eigenvalue weighted by Crippen LogP contribution is -2.48. The van der Waals surface area contributed by atoms with Crippen molar-refractivity contribution in [2.45, 2.75) is 25.7 Å². The van der Waals surface area contributed by atoms with E-state index in [-0.39, 0.29) is 37.0 Å². The van der Waals surface area contributed by atoms with Crippen molar-refractivity contribution in [3.63, 3.8) is 0 Å². The molecule has 0 unspecified atom stereocenters. The van der Waals surface area contributed by atoms with Gasteiger partial charge in [0.05, 0.1) is 37.0 Å². The zero-order valence-electron chi connectivity index (χ0n) is 16.4. The molecule has 0 aromatic rings. The first-order valence-electron chi connectivity index (χ1n) is 10.0. The SMILES string of the molecule is C=CCN(CN1C(=O)[C@H]2CC(Cl)=CC[C@H]2C1=O)CN1C(=O)[C@@H]2CC=C(Cl)C[C@H]2C1=O. The van der Waals surface area contributed by atoms with Gasteiger partial charge in [0.1, 0.15) is 0 Å². The van der Waals surface area contributed by atoms with Crippen molar-refractivity contribution < 1.29 is 19.2 Å². The normalized spacial score (nSPS) is 31.2. The van der Waals surface area contributed by atoms with Crippen LogP contribution in [-0.2, 0) is 19.2 Å². The molecule has 2 heterocycles. The van der Waals surface area contributed by atoms with Gasteiger partial charge in [0.2, 0.25) is 23.6 Å². The van der Waals surface area contributed by atoms with Crippen LogP contribution in [0.15, 0.2) is 34.9 Å². The maximum absolute atomic E-state index is 12.8. The molecule has 2 aliphatic heterocycles. The van der Waals surface area contributed by atoms with Crippen molar-refractivity contribution in [1.82, 2.24) is 14.7 Å². The summed E-state index contributed by atoms with van der Waals surface area (Å²) in [5.41, 5.74) is 0. The molecule has 0 bridgehead atoms. The first kappa shape index (κ1) is 21.3. The number of rotatable bonds is 6. The molecule has 0 spiro atoms. The predicted molar refractivity (Wildman–Crippen MR) is 111 cm³/mol. The molecular weight excluding hydrogens is 429 g/mol. The van der Waals surface area contributed by atoms with Crippen LogP contribution in [0.1, 0.15) is 25.7 Å². The molecule has 2 aliphatic carbocycles. The van der Waals surface area contributed by atoms with Gasteiger partial charge in [-0.1, -0.05) is 41.4 Å². The molecule has 7 nitrogen and oxygen atoms in total. The quantitative estimate of drug-likeness (QED) is 0.457. The third-order valence-corrected chi connectivity index (χ3v) is 7.01. The first-order valence-corrected chi connectivity index (χ1v) is 10.8. The lowest BCUT2D eigenvalue weighted by atomic mass is 9.85. The van der Waals surface area contributed by atoms with Gasteiger partial charge in [-0.2, -0.15) is 0 Å².